The molecular weight excluding hydrogens is 628 g/mol. The molecule has 1 aromatic carbocycles. The molecule has 4 heterocycles. The van der Waals surface area contributed by atoms with Crippen molar-refractivity contribution in [2.24, 2.45) is 0 Å². The van der Waals surface area contributed by atoms with Crippen molar-refractivity contribution in [3.8, 4) is 0 Å². The third kappa shape index (κ3) is 13.3. The summed E-state index contributed by atoms with van der Waals surface area (Å²) in [7, 11) is 0. The maximum atomic E-state index is 11.1. The van der Waals surface area contributed by atoms with Crippen LogP contribution in [0.1, 0.15) is 39.7 Å². The number of hydrogen-bond donors (Lipinski definition) is 2. The van der Waals surface area contributed by atoms with Crippen LogP contribution in [0.5, 0.6) is 0 Å². The molecule has 1 aromatic rings. The average Bonchev–Trinajstić information content (AvgIpc) is 3.75. The van der Waals surface area contributed by atoms with Gasteiger partial charge in [0.2, 0.25) is 0 Å². The van der Waals surface area contributed by atoms with E-state index in [4.69, 9.17) is 10.2 Å². The quantitative estimate of drug-likeness (QED) is 0.203. The number of benzene rings is 1. The summed E-state index contributed by atoms with van der Waals surface area (Å²) < 4.78 is 16.6. The standard InChI is InChI=1S/C10H6O3.C6H8O4.C6H6O3.C5H4O3.C4H2O3/c11-9-6-8(10(12)13-9)7-4-2-1-3-5-7;1-3(5(7)8)4(2)6(9)10;1-2-4-3-5(7)9-6(4)8;1-3-2-4(6)8-5(3)7;5-3-1-2-4(6)7-3/h1-6H;1-2H3,(H,7,8)(H,9,10);3H,2H2,1H3;2H,1H3;1-2H. The van der Waals surface area contributed by atoms with Crippen LogP contribution in [0.2, 0.25) is 0 Å². The molecule has 0 saturated heterocycles. The van der Waals surface area contributed by atoms with E-state index in [1.165, 1.54) is 39.0 Å². The van der Waals surface area contributed by atoms with Crippen molar-refractivity contribution in [1.82, 2.24) is 0 Å². The summed E-state index contributed by atoms with van der Waals surface area (Å²) in [5.41, 5.74) is 1.60. The normalized spacial score (nSPS) is 16.0. The topological polar surface area (TPSA) is 248 Å². The number of ether oxygens (including phenoxy) is 4. The third-order valence-electron chi connectivity index (χ3n) is 5.50. The number of hydrogen-bond acceptors (Lipinski definition) is 14. The lowest BCUT2D eigenvalue weighted by molar-refractivity contribution is -0.152. The molecule has 0 aromatic heterocycles. The predicted molar refractivity (Wildman–Crippen MR) is 154 cm³/mol. The zero-order valence-corrected chi connectivity index (χ0v) is 25.1. The minimum atomic E-state index is -1.19. The Bertz CT molecular complexity index is 1630. The molecule has 0 aliphatic carbocycles. The van der Waals surface area contributed by atoms with Gasteiger partial charge in [-0.3, -0.25) is 0 Å². The first-order valence-corrected chi connectivity index (χ1v) is 13.0. The summed E-state index contributed by atoms with van der Waals surface area (Å²) in [4.78, 5) is 103. The van der Waals surface area contributed by atoms with Crippen LogP contribution < -0.4 is 0 Å². The molecule has 0 bridgehead atoms. The molecule has 5 rings (SSSR count). The zero-order chi connectivity index (χ0) is 35.8. The molecule has 0 unspecified atom stereocenters. The first-order chi connectivity index (χ1) is 22.0. The number of carbonyl (C=O) groups excluding carboxylic acids is 8. The molecule has 4 aliphatic heterocycles. The van der Waals surface area contributed by atoms with Crippen LogP contribution in [0.4, 0.5) is 0 Å². The summed E-state index contributed by atoms with van der Waals surface area (Å²) in [6.07, 6.45) is 6.33. The highest BCUT2D eigenvalue weighted by atomic mass is 16.6. The molecule has 0 radical (unpaired) electrons. The van der Waals surface area contributed by atoms with Crippen LogP contribution in [0.25, 0.3) is 5.57 Å². The van der Waals surface area contributed by atoms with Gasteiger partial charge in [-0.2, -0.15) is 0 Å². The Balaban J connectivity index is 0.000000299. The first-order valence-electron chi connectivity index (χ1n) is 13.0. The molecular formula is C31H26O16. The fourth-order valence-electron chi connectivity index (χ4n) is 2.87. The van der Waals surface area contributed by atoms with E-state index in [1.807, 2.05) is 6.07 Å². The van der Waals surface area contributed by atoms with Gasteiger partial charge in [-0.05, 0) is 32.8 Å². The van der Waals surface area contributed by atoms with Gasteiger partial charge in [0.1, 0.15) is 0 Å². The SMILES string of the molecule is CC(C(=O)O)=C(C)C(=O)O.CC1=CC(=O)OC1=O.CCC1=CC(=O)OC1=O.O=C1C=C(c2ccccc2)C(=O)O1.O=C1C=CC(=O)O1. The number of aliphatic carboxylic acids is 2. The number of cyclic esters (lactones) is 8. The second kappa shape index (κ2) is 18.3. The van der Waals surface area contributed by atoms with E-state index in [1.54, 1.807) is 31.2 Å². The molecule has 246 valence electrons. The molecule has 4 aliphatic rings. The Morgan fingerprint density at radius 3 is 1.30 bits per heavy atom. The fourth-order valence-corrected chi connectivity index (χ4v) is 2.87. The highest BCUT2D eigenvalue weighted by molar-refractivity contribution is 6.28. The van der Waals surface area contributed by atoms with Crippen molar-refractivity contribution in [2.75, 3.05) is 0 Å². The van der Waals surface area contributed by atoms with E-state index in [2.05, 4.69) is 18.9 Å². The van der Waals surface area contributed by atoms with Crippen molar-refractivity contribution in [1.29, 1.82) is 0 Å². The predicted octanol–water partition coefficient (Wildman–Crippen LogP) is 1.69. The van der Waals surface area contributed by atoms with Gasteiger partial charge >= 0.3 is 59.7 Å². The highest BCUT2D eigenvalue weighted by Gasteiger charge is 2.24. The van der Waals surface area contributed by atoms with Crippen molar-refractivity contribution in [3.63, 3.8) is 0 Å². The maximum Gasteiger partial charge on any atom is 0.346 e. The van der Waals surface area contributed by atoms with Crippen molar-refractivity contribution < 1.29 is 77.1 Å². The highest BCUT2D eigenvalue weighted by Crippen LogP contribution is 2.20. The smallest absolute Gasteiger partial charge is 0.346 e. The van der Waals surface area contributed by atoms with Crippen LogP contribution >= 0.6 is 0 Å². The van der Waals surface area contributed by atoms with Crippen LogP contribution in [-0.2, 0) is 66.9 Å². The second-order valence-electron chi connectivity index (χ2n) is 8.83. The minimum absolute atomic E-state index is 0.132. The lowest BCUT2D eigenvalue weighted by Crippen LogP contribution is -2.06. The molecule has 0 amide bonds. The number of esters is 8. The average molecular weight is 655 g/mol. The van der Waals surface area contributed by atoms with Crippen LogP contribution in [-0.4, -0.2) is 69.9 Å². The number of carboxylic acids is 2. The lowest BCUT2D eigenvalue weighted by atomic mass is 10.1. The third-order valence-corrected chi connectivity index (χ3v) is 5.50. The van der Waals surface area contributed by atoms with Gasteiger partial charge in [0, 0.05) is 52.7 Å². The largest absolute Gasteiger partial charge is 0.478 e. The van der Waals surface area contributed by atoms with Gasteiger partial charge in [0.15, 0.2) is 0 Å². The van der Waals surface area contributed by atoms with Gasteiger partial charge in [0.25, 0.3) is 0 Å². The summed E-state index contributed by atoms with van der Waals surface area (Å²) in [5, 5.41) is 16.6. The molecule has 16 heteroatoms. The Morgan fingerprint density at radius 2 is 1.04 bits per heavy atom. The second-order valence-corrected chi connectivity index (χ2v) is 8.83. The van der Waals surface area contributed by atoms with Crippen LogP contribution in [0, 0.1) is 0 Å². The van der Waals surface area contributed by atoms with Gasteiger partial charge < -0.3 is 29.2 Å². The minimum Gasteiger partial charge on any atom is -0.478 e. The van der Waals surface area contributed by atoms with Gasteiger partial charge in [-0.25, -0.2) is 47.9 Å². The molecule has 2 N–H and O–H groups in total. The van der Waals surface area contributed by atoms with Crippen molar-refractivity contribution in [3.05, 3.63) is 88.6 Å². The Morgan fingerprint density at radius 1 is 0.596 bits per heavy atom. The number of carbonyl (C=O) groups is 10. The number of carboxylic acid groups (broad SMARTS) is 2. The lowest BCUT2D eigenvalue weighted by Gasteiger charge is -1.96. The Labute approximate surface area is 265 Å². The molecule has 47 heavy (non-hydrogen) atoms. The van der Waals surface area contributed by atoms with Crippen LogP contribution in [0.15, 0.2) is 83.0 Å². The first kappa shape index (κ1) is 38.4. The molecule has 0 atom stereocenters. The Hall–Kier alpha value is -6.58. The maximum absolute atomic E-state index is 11.1. The van der Waals surface area contributed by atoms with E-state index >= 15 is 0 Å². The summed E-state index contributed by atoms with van der Waals surface area (Å²) in [6.45, 7) is 5.84. The Kier molecular flexibility index (Phi) is 15.0. The summed E-state index contributed by atoms with van der Waals surface area (Å²) >= 11 is 0. The molecule has 0 spiro atoms. The van der Waals surface area contributed by atoms with Crippen molar-refractivity contribution >= 4 is 65.3 Å². The van der Waals surface area contributed by atoms with E-state index < -0.39 is 59.7 Å². The van der Waals surface area contributed by atoms with E-state index in [0.29, 0.717) is 28.7 Å². The molecule has 0 saturated carbocycles. The monoisotopic (exact) mass is 654 g/mol. The van der Waals surface area contributed by atoms with Crippen molar-refractivity contribution in [2.45, 2.75) is 34.1 Å². The van der Waals surface area contributed by atoms with Gasteiger partial charge in [-0.1, -0.05) is 37.3 Å². The van der Waals surface area contributed by atoms with E-state index in [0.717, 1.165) is 12.2 Å². The van der Waals surface area contributed by atoms with Gasteiger partial charge in [0.05, 0.1) is 5.57 Å². The van der Waals surface area contributed by atoms with Crippen LogP contribution in [0.3, 0.4) is 0 Å². The van der Waals surface area contributed by atoms with Gasteiger partial charge in [-0.15, -0.1) is 0 Å². The zero-order valence-electron chi connectivity index (χ0n) is 25.1. The molecule has 0 fully saturated rings. The summed E-state index contributed by atoms with van der Waals surface area (Å²) in [5.74, 6) is -6.85. The van der Waals surface area contributed by atoms with E-state index in [-0.39, 0.29) is 11.1 Å². The fraction of sp³-hybridized carbons (Fsp3) is 0.161. The van der Waals surface area contributed by atoms with E-state index in [9.17, 15) is 47.9 Å². The number of rotatable bonds is 4. The molecule has 16 nitrogen and oxygen atoms in total. The summed E-state index contributed by atoms with van der Waals surface area (Å²) in [6, 6.07) is 8.95.